The highest BCUT2D eigenvalue weighted by molar-refractivity contribution is 7.89. The highest BCUT2D eigenvalue weighted by Crippen LogP contribution is 2.30. The molecule has 2 aromatic rings. The van der Waals surface area contributed by atoms with Gasteiger partial charge in [0.05, 0.1) is 10.5 Å². The largest absolute Gasteiger partial charge is 0.371 e. The standard InChI is InChI=1S/C23H34N6O3S/c1-6-29(7-2)33(31,32)18-8-9-20(28-14-11-17(3)12-15-28)19(16-18)22(30)25-21-10-13-24-23(26-21)27(4)5/h8-10,13,16-17H,6-7,11-12,14-15H2,1-5H3,(H,24,25,26,30). The van der Waals surface area contributed by atoms with Gasteiger partial charge in [-0.05, 0) is 43.0 Å². The minimum atomic E-state index is -3.70. The molecule has 1 aromatic heterocycles. The summed E-state index contributed by atoms with van der Waals surface area (Å²) >= 11 is 0. The zero-order valence-corrected chi connectivity index (χ0v) is 20.9. The van der Waals surface area contributed by atoms with Crippen LogP contribution in [0.15, 0.2) is 35.4 Å². The number of hydrogen-bond donors (Lipinski definition) is 1. The number of amides is 1. The van der Waals surface area contributed by atoms with Crippen molar-refractivity contribution in [1.29, 1.82) is 0 Å². The van der Waals surface area contributed by atoms with Crippen molar-refractivity contribution >= 4 is 33.4 Å². The number of hydrogen-bond acceptors (Lipinski definition) is 7. The number of sulfonamides is 1. The molecular formula is C23H34N6O3S. The van der Waals surface area contributed by atoms with Gasteiger partial charge in [-0.2, -0.15) is 9.29 Å². The van der Waals surface area contributed by atoms with Crippen LogP contribution in [0.1, 0.15) is 44.0 Å². The highest BCUT2D eigenvalue weighted by Gasteiger charge is 2.27. The second-order valence-corrected chi connectivity index (χ2v) is 10.5. The topological polar surface area (TPSA) is 98.7 Å². The third kappa shape index (κ3) is 5.62. The van der Waals surface area contributed by atoms with Crippen LogP contribution in [0, 0.1) is 5.92 Å². The monoisotopic (exact) mass is 474 g/mol. The molecule has 1 aromatic carbocycles. The first-order valence-corrected chi connectivity index (χ1v) is 12.8. The molecule has 1 aliphatic rings. The molecule has 0 aliphatic carbocycles. The molecular weight excluding hydrogens is 440 g/mol. The molecule has 10 heteroatoms. The maximum absolute atomic E-state index is 13.4. The van der Waals surface area contributed by atoms with E-state index in [4.69, 9.17) is 0 Å². The minimum Gasteiger partial charge on any atom is -0.371 e. The smallest absolute Gasteiger partial charge is 0.258 e. The van der Waals surface area contributed by atoms with Gasteiger partial charge in [0.2, 0.25) is 16.0 Å². The molecule has 0 saturated carbocycles. The normalized spacial score (nSPS) is 15.0. The van der Waals surface area contributed by atoms with E-state index < -0.39 is 15.9 Å². The third-order valence-corrected chi connectivity index (χ3v) is 8.01. The Bertz CT molecular complexity index is 1080. The van der Waals surface area contributed by atoms with Crippen molar-refractivity contribution in [2.75, 3.05) is 55.4 Å². The molecule has 1 fully saturated rings. The first-order chi connectivity index (χ1) is 15.7. The lowest BCUT2D eigenvalue weighted by Crippen LogP contribution is -2.35. The lowest BCUT2D eigenvalue weighted by atomic mass is 9.98. The fourth-order valence-corrected chi connectivity index (χ4v) is 5.40. The number of carbonyl (C=O) groups excluding carboxylic acids is 1. The van der Waals surface area contributed by atoms with E-state index in [1.54, 1.807) is 43.1 Å². The number of nitrogens with zero attached hydrogens (tertiary/aromatic N) is 5. The van der Waals surface area contributed by atoms with Crippen LogP contribution in [-0.2, 0) is 10.0 Å². The summed E-state index contributed by atoms with van der Waals surface area (Å²) in [5.41, 5.74) is 1.06. The van der Waals surface area contributed by atoms with Crippen molar-refractivity contribution in [3.63, 3.8) is 0 Å². The molecule has 0 bridgehead atoms. The zero-order valence-electron chi connectivity index (χ0n) is 20.1. The minimum absolute atomic E-state index is 0.113. The first kappa shape index (κ1) is 24.9. The molecule has 0 unspecified atom stereocenters. The molecule has 180 valence electrons. The van der Waals surface area contributed by atoms with Crippen LogP contribution >= 0.6 is 0 Å². The van der Waals surface area contributed by atoms with E-state index in [0.29, 0.717) is 36.3 Å². The van der Waals surface area contributed by atoms with Crippen LogP contribution in [0.4, 0.5) is 17.5 Å². The Hall–Kier alpha value is -2.72. The predicted octanol–water partition coefficient (Wildman–Crippen LogP) is 3.06. The van der Waals surface area contributed by atoms with E-state index in [9.17, 15) is 13.2 Å². The molecule has 1 saturated heterocycles. The SMILES string of the molecule is CCN(CC)S(=O)(=O)c1ccc(N2CCC(C)CC2)c(C(=O)Nc2ccnc(N(C)C)n2)c1. The second kappa shape index (κ2) is 10.5. The number of aromatic nitrogens is 2. The van der Waals surface area contributed by atoms with E-state index >= 15 is 0 Å². The lowest BCUT2D eigenvalue weighted by molar-refractivity contribution is 0.102. The first-order valence-electron chi connectivity index (χ1n) is 11.4. The van der Waals surface area contributed by atoms with Gasteiger partial charge in [0.15, 0.2) is 0 Å². The quantitative estimate of drug-likeness (QED) is 0.628. The van der Waals surface area contributed by atoms with Crippen LogP contribution in [0.2, 0.25) is 0 Å². The van der Waals surface area contributed by atoms with Gasteiger partial charge in [-0.15, -0.1) is 0 Å². The summed E-state index contributed by atoms with van der Waals surface area (Å²) in [5, 5.41) is 2.83. The molecule has 1 aliphatic heterocycles. The Morgan fingerprint density at radius 1 is 1.15 bits per heavy atom. The zero-order chi connectivity index (χ0) is 24.2. The second-order valence-electron chi connectivity index (χ2n) is 8.53. The predicted molar refractivity (Wildman–Crippen MR) is 131 cm³/mol. The average Bonchev–Trinajstić information content (AvgIpc) is 2.80. The van der Waals surface area contributed by atoms with Gasteiger partial charge < -0.3 is 15.1 Å². The number of rotatable bonds is 8. The van der Waals surface area contributed by atoms with E-state index in [2.05, 4.69) is 27.1 Å². The Morgan fingerprint density at radius 3 is 2.42 bits per heavy atom. The fourth-order valence-electron chi connectivity index (χ4n) is 3.91. The Balaban J connectivity index is 2.01. The van der Waals surface area contributed by atoms with Gasteiger partial charge in [-0.25, -0.2) is 13.4 Å². The Labute approximate surface area is 196 Å². The van der Waals surface area contributed by atoms with E-state index in [0.717, 1.165) is 31.6 Å². The molecule has 0 radical (unpaired) electrons. The van der Waals surface area contributed by atoms with Crippen molar-refractivity contribution in [3.05, 3.63) is 36.0 Å². The Kier molecular flexibility index (Phi) is 7.91. The van der Waals surface area contributed by atoms with Crippen molar-refractivity contribution in [3.8, 4) is 0 Å². The van der Waals surface area contributed by atoms with Crippen molar-refractivity contribution in [2.45, 2.75) is 38.5 Å². The molecule has 33 heavy (non-hydrogen) atoms. The van der Waals surface area contributed by atoms with E-state index in [-0.39, 0.29) is 4.90 Å². The van der Waals surface area contributed by atoms with Crippen LogP contribution in [0.5, 0.6) is 0 Å². The molecule has 9 nitrogen and oxygen atoms in total. The molecule has 0 spiro atoms. The van der Waals surface area contributed by atoms with Crippen LogP contribution < -0.4 is 15.1 Å². The maximum Gasteiger partial charge on any atom is 0.258 e. The number of carbonyl (C=O) groups is 1. The fraction of sp³-hybridized carbons (Fsp3) is 0.522. The molecule has 0 atom stereocenters. The van der Waals surface area contributed by atoms with Gasteiger partial charge in [0.25, 0.3) is 5.91 Å². The van der Waals surface area contributed by atoms with Crippen molar-refractivity contribution < 1.29 is 13.2 Å². The number of piperidine rings is 1. The summed E-state index contributed by atoms with van der Waals surface area (Å²) in [6, 6.07) is 6.47. The lowest BCUT2D eigenvalue weighted by Gasteiger charge is -2.33. The molecule has 3 rings (SSSR count). The number of nitrogens with one attached hydrogen (secondary N) is 1. The molecule has 1 amide bonds. The molecule has 2 heterocycles. The van der Waals surface area contributed by atoms with Gasteiger partial charge in [-0.1, -0.05) is 20.8 Å². The highest BCUT2D eigenvalue weighted by atomic mass is 32.2. The van der Waals surface area contributed by atoms with Gasteiger partial charge in [-0.3, -0.25) is 4.79 Å². The average molecular weight is 475 g/mol. The van der Waals surface area contributed by atoms with Gasteiger partial charge in [0.1, 0.15) is 5.82 Å². The maximum atomic E-state index is 13.4. The van der Waals surface area contributed by atoms with Crippen molar-refractivity contribution in [1.82, 2.24) is 14.3 Å². The summed E-state index contributed by atoms with van der Waals surface area (Å²) < 4.78 is 27.7. The van der Waals surface area contributed by atoms with Gasteiger partial charge in [0, 0.05) is 52.2 Å². The summed E-state index contributed by atoms with van der Waals surface area (Å²) in [4.78, 5) is 25.9. The Morgan fingerprint density at radius 2 is 1.82 bits per heavy atom. The van der Waals surface area contributed by atoms with Crippen LogP contribution in [-0.4, -0.2) is 68.9 Å². The van der Waals surface area contributed by atoms with E-state index in [1.807, 2.05) is 14.1 Å². The van der Waals surface area contributed by atoms with E-state index in [1.165, 1.54) is 10.4 Å². The number of benzene rings is 1. The third-order valence-electron chi connectivity index (χ3n) is 5.96. The summed E-state index contributed by atoms with van der Waals surface area (Å²) in [6.45, 7) is 8.19. The van der Waals surface area contributed by atoms with Crippen LogP contribution in [0.3, 0.4) is 0 Å². The summed E-state index contributed by atoms with van der Waals surface area (Å²) in [5.74, 6) is 1.06. The van der Waals surface area contributed by atoms with Gasteiger partial charge >= 0.3 is 0 Å². The molecule has 1 N–H and O–H groups in total. The summed E-state index contributed by atoms with van der Waals surface area (Å²) in [6.07, 6.45) is 3.63. The van der Waals surface area contributed by atoms with Crippen molar-refractivity contribution in [2.24, 2.45) is 5.92 Å². The van der Waals surface area contributed by atoms with Crippen LogP contribution in [0.25, 0.3) is 0 Å². The summed E-state index contributed by atoms with van der Waals surface area (Å²) in [7, 11) is -0.0670. The number of anilines is 3.